The number of alkyl halides is 3. The van der Waals surface area contributed by atoms with Crippen LogP contribution >= 0.6 is 0 Å². The summed E-state index contributed by atoms with van der Waals surface area (Å²) in [5, 5.41) is 13.5. The largest absolute Gasteiger partial charge is 0.480 e. The second kappa shape index (κ2) is 9.92. The Morgan fingerprint density at radius 2 is 1.90 bits per heavy atom. The molecular weight excluding hydrogens is 413 g/mol. The van der Waals surface area contributed by atoms with Gasteiger partial charge in [0.2, 0.25) is 0 Å². The van der Waals surface area contributed by atoms with E-state index in [0.717, 1.165) is 23.1 Å². The van der Waals surface area contributed by atoms with Crippen LogP contribution < -0.4 is 4.74 Å². The van der Waals surface area contributed by atoms with Crippen molar-refractivity contribution in [2.75, 3.05) is 6.61 Å². The smallest absolute Gasteiger partial charge is 0.416 e. The number of aromatic nitrogens is 1. The first-order valence-corrected chi connectivity index (χ1v) is 9.36. The lowest BCUT2D eigenvalue weighted by Crippen LogP contribution is -2.10. The van der Waals surface area contributed by atoms with Crippen molar-refractivity contribution in [1.82, 2.24) is 4.98 Å². The van der Waals surface area contributed by atoms with E-state index in [2.05, 4.69) is 10.1 Å². The van der Waals surface area contributed by atoms with Crippen LogP contribution in [-0.2, 0) is 28.8 Å². The molecule has 0 aliphatic heterocycles. The Labute approximate surface area is 175 Å². The van der Waals surface area contributed by atoms with Crippen molar-refractivity contribution in [3.63, 3.8) is 0 Å². The third-order valence-electron chi connectivity index (χ3n) is 4.38. The van der Waals surface area contributed by atoms with Gasteiger partial charge in [0, 0.05) is 17.8 Å². The summed E-state index contributed by atoms with van der Waals surface area (Å²) in [6, 6.07) is 11.9. The van der Waals surface area contributed by atoms with Crippen LogP contribution in [0.2, 0.25) is 0 Å². The molecule has 3 rings (SSSR count). The highest BCUT2D eigenvalue weighted by Crippen LogP contribution is 2.29. The predicted molar refractivity (Wildman–Crippen MR) is 108 cm³/mol. The minimum absolute atomic E-state index is 0.0666. The maximum absolute atomic E-state index is 12.6. The quantitative estimate of drug-likeness (QED) is 0.386. The van der Waals surface area contributed by atoms with E-state index in [1.807, 2.05) is 12.1 Å². The Bertz CT molecular complexity index is 1070. The van der Waals surface area contributed by atoms with Crippen molar-refractivity contribution >= 4 is 23.1 Å². The Balaban J connectivity index is 1.54. The molecule has 0 unspecified atom stereocenters. The van der Waals surface area contributed by atoms with Gasteiger partial charge in [-0.05, 0) is 48.2 Å². The van der Waals surface area contributed by atoms with E-state index in [1.165, 1.54) is 12.1 Å². The molecule has 6 nitrogen and oxygen atoms in total. The zero-order chi connectivity index (χ0) is 22.3. The fourth-order valence-corrected chi connectivity index (χ4v) is 2.91. The summed E-state index contributed by atoms with van der Waals surface area (Å²) in [6.07, 6.45) is 0.0239. The second-order valence-corrected chi connectivity index (χ2v) is 6.60. The van der Waals surface area contributed by atoms with Crippen molar-refractivity contribution in [2.24, 2.45) is 5.16 Å². The van der Waals surface area contributed by atoms with Gasteiger partial charge in [-0.25, -0.2) is 4.79 Å². The number of pyridine rings is 1. The molecule has 2 aromatic carbocycles. The number of aliphatic carboxylic acids is 1. The van der Waals surface area contributed by atoms with E-state index in [9.17, 15) is 18.0 Å². The van der Waals surface area contributed by atoms with Gasteiger partial charge in [0.25, 0.3) is 0 Å². The maximum Gasteiger partial charge on any atom is 0.416 e. The second-order valence-electron chi connectivity index (χ2n) is 6.60. The van der Waals surface area contributed by atoms with Crippen LogP contribution in [0.25, 0.3) is 10.9 Å². The molecule has 0 radical (unpaired) electrons. The lowest BCUT2D eigenvalue weighted by molar-refractivity contribution is -0.139. The highest BCUT2D eigenvalue weighted by Gasteiger charge is 2.29. The van der Waals surface area contributed by atoms with E-state index < -0.39 is 24.3 Å². The topological polar surface area (TPSA) is 81.0 Å². The van der Waals surface area contributed by atoms with Gasteiger partial charge in [-0.15, -0.1) is 0 Å². The molecule has 162 valence electrons. The van der Waals surface area contributed by atoms with Crippen LogP contribution in [0.3, 0.4) is 0 Å². The summed E-state index contributed by atoms with van der Waals surface area (Å²) in [4.78, 5) is 20.2. The number of carboxylic acids is 1. The Morgan fingerprint density at radius 3 is 2.61 bits per heavy atom. The van der Waals surface area contributed by atoms with Gasteiger partial charge < -0.3 is 14.7 Å². The van der Waals surface area contributed by atoms with Gasteiger partial charge in [-0.1, -0.05) is 29.4 Å². The van der Waals surface area contributed by atoms with E-state index in [0.29, 0.717) is 29.7 Å². The number of carboxylic acid groups (broad SMARTS) is 1. The fourth-order valence-electron chi connectivity index (χ4n) is 2.91. The van der Waals surface area contributed by atoms with Crippen molar-refractivity contribution in [1.29, 1.82) is 0 Å². The van der Waals surface area contributed by atoms with Crippen LogP contribution in [0.4, 0.5) is 13.2 Å². The highest BCUT2D eigenvalue weighted by molar-refractivity contribution is 5.88. The van der Waals surface area contributed by atoms with E-state index in [-0.39, 0.29) is 6.61 Å². The molecule has 1 heterocycles. The standard InChI is InChI=1S/C22H19F3N2O4/c23-22(24,25)17-8-5-15(6-9-17)13-31-27-12-1-3-16-7-10-19(30-14-20(28)29)21-18(16)4-2-11-26-21/h2,4-12H,1,3,13-14H2,(H,28,29). The third-order valence-corrected chi connectivity index (χ3v) is 4.38. The number of nitrogens with zero attached hydrogens (tertiary/aromatic N) is 2. The number of benzene rings is 2. The number of aryl methyl sites for hydroxylation is 1. The number of halogens is 3. The molecule has 1 aromatic heterocycles. The SMILES string of the molecule is O=C(O)COc1ccc(CCC=NOCc2ccc(C(F)(F)F)cc2)c2cccnc12. The molecule has 0 aliphatic carbocycles. The molecule has 0 fully saturated rings. The van der Waals surface area contributed by atoms with Gasteiger partial charge in [0.15, 0.2) is 6.61 Å². The Kier molecular flexibility index (Phi) is 7.07. The lowest BCUT2D eigenvalue weighted by atomic mass is 10.0. The van der Waals surface area contributed by atoms with Crippen LogP contribution in [0.1, 0.15) is 23.1 Å². The average Bonchev–Trinajstić information content (AvgIpc) is 2.74. The van der Waals surface area contributed by atoms with Crippen molar-refractivity contribution in [3.8, 4) is 5.75 Å². The predicted octanol–water partition coefficient (Wildman–Crippen LogP) is 4.85. The van der Waals surface area contributed by atoms with Crippen LogP contribution in [-0.4, -0.2) is 28.9 Å². The molecule has 31 heavy (non-hydrogen) atoms. The van der Waals surface area contributed by atoms with Crippen LogP contribution in [0.15, 0.2) is 59.9 Å². The number of oxime groups is 1. The first-order valence-electron chi connectivity index (χ1n) is 9.36. The summed E-state index contributed by atoms with van der Waals surface area (Å²) in [5.41, 5.74) is 1.44. The number of hydrogen-bond acceptors (Lipinski definition) is 5. The summed E-state index contributed by atoms with van der Waals surface area (Å²) in [6.45, 7) is -0.384. The minimum atomic E-state index is -4.36. The first kappa shape index (κ1) is 22.1. The van der Waals surface area contributed by atoms with E-state index in [4.69, 9.17) is 14.7 Å². The number of ether oxygens (including phenoxy) is 1. The third kappa shape index (κ3) is 6.18. The molecular formula is C22H19F3N2O4. The molecule has 0 amide bonds. The molecule has 1 N–H and O–H groups in total. The maximum atomic E-state index is 12.6. The summed E-state index contributed by atoms with van der Waals surface area (Å²) >= 11 is 0. The summed E-state index contributed by atoms with van der Waals surface area (Å²) in [5.74, 6) is -0.670. The van der Waals surface area contributed by atoms with Gasteiger partial charge in [0.05, 0.1) is 5.56 Å². The normalized spacial score (nSPS) is 11.7. The van der Waals surface area contributed by atoms with Crippen molar-refractivity contribution in [2.45, 2.75) is 25.6 Å². The number of hydrogen-bond donors (Lipinski definition) is 1. The lowest BCUT2D eigenvalue weighted by Gasteiger charge is -2.10. The zero-order valence-corrected chi connectivity index (χ0v) is 16.3. The van der Waals surface area contributed by atoms with Crippen LogP contribution in [0.5, 0.6) is 5.75 Å². The Morgan fingerprint density at radius 1 is 1.13 bits per heavy atom. The monoisotopic (exact) mass is 432 g/mol. The van der Waals surface area contributed by atoms with Gasteiger partial charge >= 0.3 is 12.1 Å². The Hall–Kier alpha value is -3.62. The molecule has 9 heteroatoms. The van der Waals surface area contributed by atoms with Crippen LogP contribution in [0, 0.1) is 0 Å². The van der Waals surface area contributed by atoms with Crippen molar-refractivity contribution < 1.29 is 32.6 Å². The zero-order valence-electron chi connectivity index (χ0n) is 16.3. The summed E-state index contributed by atoms with van der Waals surface area (Å²) in [7, 11) is 0. The molecule has 0 bridgehead atoms. The summed E-state index contributed by atoms with van der Waals surface area (Å²) < 4.78 is 42.9. The highest BCUT2D eigenvalue weighted by atomic mass is 19.4. The molecule has 3 aromatic rings. The minimum Gasteiger partial charge on any atom is -0.480 e. The first-order chi connectivity index (χ1) is 14.8. The molecule has 0 spiro atoms. The number of rotatable bonds is 9. The van der Waals surface area contributed by atoms with Gasteiger partial charge in [-0.2, -0.15) is 13.2 Å². The van der Waals surface area contributed by atoms with Gasteiger partial charge in [0.1, 0.15) is 17.9 Å². The van der Waals surface area contributed by atoms with E-state index >= 15 is 0 Å². The fraction of sp³-hybridized carbons (Fsp3) is 0.227. The number of carbonyl (C=O) groups is 1. The van der Waals surface area contributed by atoms with E-state index in [1.54, 1.807) is 24.5 Å². The molecule has 0 saturated carbocycles. The average molecular weight is 432 g/mol. The molecule has 0 saturated heterocycles. The number of fused-ring (bicyclic) bond motifs is 1. The molecule has 0 aliphatic rings. The van der Waals surface area contributed by atoms with Gasteiger partial charge in [-0.3, -0.25) is 4.98 Å². The molecule has 0 atom stereocenters. The van der Waals surface area contributed by atoms with Crippen molar-refractivity contribution in [3.05, 3.63) is 71.4 Å².